The molecule has 0 saturated heterocycles. The Hall–Kier alpha value is -0.0800. The second-order valence-electron chi connectivity index (χ2n) is 4.22. The average Bonchev–Trinajstić information content (AvgIpc) is 2.06. The smallest absolute Gasteiger partial charge is 0.0459 e. The molecule has 0 amide bonds. The summed E-state index contributed by atoms with van der Waals surface area (Å²) in [7, 11) is 0. The van der Waals surface area contributed by atoms with Gasteiger partial charge in [0.15, 0.2) is 0 Å². The molecular formula is C10H21NO. The lowest BCUT2D eigenvalue weighted by atomic mass is 9.78. The minimum atomic E-state index is 0.348. The molecule has 0 heterocycles. The maximum absolute atomic E-state index is 8.97. The van der Waals surface area contributed by atoms with Crippen LogP contribution in [0, 0.1) is 5.92 Å². The van der Waals surface area contributed by atoms with Gasteiger partial charge in [-0.15, -0.1) is 0 Å². The number of rotatable bonds is 3. The minimum absolute atomic E-state index is 0.348. The van der Waals surface area contributed by atoms with E-state index in [0.717, 1.165) is 6.54 Å². The zero-order valence-electron chi connectivity index (χ0n) is 8.27. The summed E-state index contributed by atoms with van der Waals surface area (Å²) < 4.78 is 0. The van der Waals surface area contributed by atoms with Gasteiger partial charge >= 0.3 is 0 Å². The Bertz CT molecular complexity index is 128. The van der Waals surface area contributed by atoms with Crippen LogP contribution in [0.3, 0.4) is 0 Å². The summed E-state index contributed by atoms with van der Waals surface area (Å²) in [5, 5.41) is 12.5. The molecule has 1 aliphatic carbocycles. The first-order chi connectivity index (χ1) is 5.70. The quantitative estimate of drug-likeness (QED) is 0.675. The second-order valence-corrected chi connectivity index (χ2v) is 4.22. The van der Waals surface area contributed by atoms with Crippen molar-refractivity contribution in [3.8, 4) is 0 Å². The topological polar surface area (TPSA) is 32.3 Å². The fourth-order valence-corrected chi connectivity index (χ4v) is 2.10. The second kappa shape index (κ2) is 4.24. The Morgan fingerprint density at radius 3 is 2.42 bits per heavy atom. The first-order valence-corrected chi connectivity index (χ1v) is 5.06. The zero-order valence-corrected chi connectivity index (χ0v) is 8.27. The van der Waals surface area contributed by atoms with Gasteiger partial charge in [-0.05, 0) is 45.1 Å². The van der Waals surface area contributed by atoms with E-state index < -0.39 is 0 Å². The summed E-state index contributed by atoms with van der Waals surface area (Å²) in [6, 6.07) is 0. The van der Waals surface area contributed by atoms with Crippen molar-refractivity contribution in [1.82, 2.24) is 5.32 Å². The third-order valence-corrected chi connectivity index (χ3v) is 3.07. The normalized spacial score (nSPS) is 36.8. The predicted octanol–water partition coefficient (Wildman–Crippen LogP) is 1.54. The van der Waals surface area contributed by atoms with Crippen molar-refractivity contribution >= 4 is 0 Å². The highest BCUT2D eigenvalue weighted by Crippen LogP contribution is 2.31. The number of hydrogen-bond acceptors (Lipinski definition) is 2. The Morgan fingerprint density at radius 1 is 1.42 bits per heavy atom. The van der Waals surface area contributed by atoms with Gasteiger partial charge in [0.2, 0.25) is 0 Å². The molecule has 0 aromatic carbocycles. The number of hydrogen-bond donors (Lipinski definition) is 2. The molecule has 1 aliphatic rings. The average molecular weight is 171 g/mol. The molecule has 0 spiro atoms. The molecule has 0 radical (unpaired) electrons. The van der Waals surface area contributed by atoms with Crippen molar-refractivity contribution < 1.29 is 5.11 Å². The van der Waals surface area contributed by atoms with Gasteiger partial charge in [-0.3, -0.25) is 0 Å². The third-order valence-electron chi connectivity index (χ3n) is 3.07. The summed E-state index contributed by atoms with van der Waals surface area (Å²) >= 11 is 0. The summed E-state index contributed by atoms with van der Waals surface area (Å²) in [6.07, 6.45) is 4.79. The van der Waals surface area contributed by atoms with E-state index in [1.165, 1.54) is 25.7 Å². The van der Waals surface area contributed by atoms with Gasteiger partial charge in [0.05, 0.1) is 0 Å². The van der Waals surface area contributed by atoms with Gasteiger partial charge in [0.25, 0.3) is 0 Å². The highest BCUT2D eigenvalue weighted by molar-refractivity contribution is 4.88. The molecule has 2 heteroatoms. The molecule has 0 bridgehead atoms. The Labute approximate surface area is 75.4 Å². The van der Waals surface area contributed by atoms with Gasteiger partial charge in [0, 0.05) is 12.1 Å². The van der Waals surface area contributed by atoms with Crippen LogP contribution in [0.25, 0.3) is 0 Å². The molecule has 0 aromatic rings. The molecule has 0 atom stereocenters. The van der Waals surface area contributed by atoms with E-state index >= 15 is 0 Å². The molecule has 1 rings (SSSR count). The largest absolute Gasteiger partial charge is 0.396 e. The van der Waals surface area contributed by atoms with Crippen molar-refractivity contribution in [3.63, 3.8) is 0 Å². The molecule has 12 heavy (non-hydrogen) atoms. The fraction of sp³-hybridized carbons (Fsp3) is 1.00. The molecule has 1 fully saturated rings. The zero-order chi connectivity index (χ0) is 9.03. The van der Waals surface area contributed by atoms with Crippen LogP contribution in [-0.2, 0) is 0 Å². The van der Waals surface area contributed by atoms with Crippen LogP contribution in [0.4, 0.5) is 0 Å². The molecule has 2 N–H and O–H groups in total. The summed E-state index contributed by atoms with van der Waals surface area (Å²) in [4.78, 5) is 0. The van der Waals surface area contributed by atoms with Gasteiger partial charge in [-0.25, -0.2) is 0 Å². The van der Waals surface area contributed by atoms with Crippen molar-refractivity contribution in [2.45, 2.75) is 45.1 Å². The maximum atomic E-state index is 8.97. The molecule has 0 aromatic heterocycles. The minimum Gasteiger partial charge on any atom is -0.396 e. The van der Waals surface area contributed by atoms with Crippen LogP contribution in [-0.4, -0.2) is 23.8 Å². The lowest BCUT2D eigenvalue weighted by Gasteiger charge is -2.37. The van der Waals surface area contributed by atoms with E-state index in [9.17, 15) is 0 Å². The SMILES string of the molecule is CCNC1(C)CCC(CO)CC1. The fourth-order valence-electron chi connectivity index (χ4n) is 2.10. The maximum Gasteiger partial charge on any atom is 0.0459 e. The summed E-state index contributed by atoms with van der Waals surface area (Å²) in [6.45, 7) is 5.88. The standard InChI is InChI=1S/C10H21NO/c1-3-11-10(2)6-4-9(8-12)5-7-10/h9,11-12H,3-8H2,1-2H3. The first kappa shape index (κ1) is 10.0. The molecule has 72 valence electrons. The Morgan fingerprint density at radius 2 is 2.00 bits per heavy atom. The van der Waals surface area contributed by atoms with E-state index in [2.05, 4.69) is 19.2 Å². The highest BCUT2D eigenvalue weighted by Gasteiger charge is 2.29. The summed E-state index contributed by atoms with van der Waals surface area (Å²) in [5.74, 6) is 0.566. The van der Waals surface area contributed by atoms with Gasteiger partial charge < -0.3 is 10.4 Å². The lowest BCUT2D eigenvalue weighted by molar-refractivity contribution is 0.143. The number of aliphatic hydroxyl groups excluding tert-OH is 1. The van der Waals surface area contributed by atoms with Crippen LogP contribution < -0.4 is 5.32 Å². The van der Waals surface area contributed by atoms with Crippen molar-refractivity contribution in [3.05, 3.63) is 0 Å². The van der Waals surface area contributed by atoms with Crippen LogP contribution in [0.15, 0.2) is 0 Å². The van der Waals surface area contributed by atoms with Crippen LogP contribution in [0.1, 0.15) is 39.5 Å². The van der Waals surface area contributed by atoms with E-state index in [1.54, 1.807) is 0 Å². The van der Waals surface area contributed by atoms with Gasteiger partial charge in [-0.1, -0.05) is 6.92 Å². The molecule has 0 unspecified atom stereocenters. The van der Waals surface area contributed by atoms with Crippen molar-refractivity contribution in [1.29, 1.82) is 0 Å². The predicted molar refractivity (Wildman–Crippen MR) is 51.1 cm³/mol. The van der Waals surface area contributed by atoms with Crippen LogP contribution in [0.2, 0.25) is 0 Å². The number of nitrogens with one attached hydrogen (secondary N) is 1. The molecule has 2 nitrogen and oxygen atoms in total. The van der Waals surface area contributed by atoms with Crippen LogP contribution in [0.5, 0.6) is 0 Å². The van der Waals surface area contributed by atoms with E-state index in [1.807, 2.05) is 0 Å². The third kappa shape index (κ3) is 2.46. The highest BCUT2D eigenvalue weighted by atomic mass is 16.3. The molecule has 1 saturated carbocycles. The van der Waals surface area contributed by atoms with E-state index in [-0.39, 0.29) is 0 Å². The van der Waals surface area contributed by atoms with E-state index in [0.29, 0.717) is 18.1 Å². The monoisotopic (exact) mass is 171 g/mol. The van der Waals surface area contributed by atoms with Crippen LogP contribution >= 0.6 is 0 Å². The van der Waals surface area contributed by atoms with Crippen molar-refractivity contribution in [2.75, 3.05) is 13.2 Å². The Balaban J connectivity index is 2.33. The molecule has 0 aliphatic heterocycles. The first-order valence-electron chi connectivity index (χ1n) is 5.06. The van der Waals surface area contributed by atoms with Gasteiger partial charge in [-0.2, -0.15) is 0 Å². The lowest BCUT2D eigenvalue weighted by Crippen LogP contribution is -2.45. The van der Waals surface area contributed by atoms with E-state index in [4.69, 9.17) is 5.11 Å². The summed E-state index contributed by atoms with van der Waals surface area (Å²) in [5.41, 5.74) is 0.348. The molecular weight excluding hydrogens is 150 g/mol. The van der Waals surface area contributed by atoms with Gasteiger partial charge in [0.1, 0.15) is 0 Å². The number of aliphatic hydroxyl groups is 1. The van der Waals surface area contributed by atoms with Crippen molar-refractivity contribution in [2.24, 2.45) is 5.92 Å². The Kier molecular flexibility index (Phi) is 3.53.